The van der Waals surface area contributed by atoms with Gasteiger partial charge in [0.05, 0.1) is 5.37 Å². The Bertz CT molecular complexity index is 213. The van der Waals surface area contributed by atoms with E-state index in [9.17, 15) is 0 Å². The molecule has 0 aliphatic heterocycles. The predicted molar refractivity (Wildman–Crippen MR) is 49.9 cm³/mol. The minimum Gasteiger partial charge on any atom is -0.130 e. The summed E-state index contributed by atoms with van der Waals surface area (Å²) < 4.78 is 0. The minimum atomic E-state index is 0.979. The molecule has 51 valence electrons. The van der Waals surface area contributed by atoms with E-state index in [4.69, 9.17) is 0 Å². The average Bonchev–Trinajstić information content (AvgIpc) is 2.05. The Morgan fingerprint density at radius 1 is 1.30 bits per heavy atom. The molecule has 1 radical (unpaired) electrons. The van der Waals surface area contributed by atoms with Crippen LogP contribution in [0, 0.1) is 0 Å². The number of hydrogen-bond donors (Lipinski definition) is 0. The van der Waals surface area contributed by atoms with Gasteiger partial charge in [-0.25, -0.2) is 0 Å². The molecule has 0 N–H and O–H groups in total. The predicted octanol–water partition coefficient (Wildman–Crippen LogP) is 2.63. The van der Waals surface area contributed by atoms with Crippen LogP contribution in [0.4, 0.5) is 0 Å². The van der Waals surface area contributed by atoms with Crippen molar-refractivity contribution in [1.82, 2.24) is 0 Å². The Morgan fingerprint density at radius 3 is 2.30 bits per heavy atom. The van der Waals surface area contributed by atoms with E-state index in [1.54, 1.807) is 11.8 Å². The van der Waals surface area contributed by atoms with E-state index in [0.29, 0.717) is 0 Å². The molecule has 0 spiro atoms. The van der Waals surface area contributed by atoms with E-state index in [2.05, 4.69) is 23.8 Å². The summed E-state index contributed by atoms with van der Waals surface area (Å²) in [6.45, 7) is 0. The first-order valence-electron chi connectivity index (χ1n) is 2.89. The smallest absolute Gasteiger partial charge is 0.0636 e. The Hall–Kier alpha value is -0.340. The van der Waals surface area contributed by atoms with Gasteiger partial charge in [-0.2, -0.15) is 0 Å². The second-order valence-electron chi connectivity index (χ2n) is 1.83. The van der Waals surface area contributed by atoms with Gasteiger partial charge in [-0.1, -0.05) is 24.4 Å². The first-order valence-corrected chi connectivity index (χ1v) is 4.52. The normalized spacial score (nSPS) is 9.30. The van der Waals surface area contributed by atoms with Crippen molar-refractivity contribution in [2.45, 2.75) is 4.90 Å². The van der Waals surface area contributed by atoms with Crippen molar-refractivity contribution in [3.63, 3.8) is 0 Å². The van der Waals surface area contributed by atoms with Crippen LogP contribution < -0.4 is 0 Å². The van der Waals surface area contributed by atoms with E-state index < -0.39 is 0 Å². The molecule has 1 rings (SSSR count). The number of rotatable bonds is 2. The lowest BCUT2D eigenvalue weighted by Gasteiger charge is -1.93. The third-order valence-corrected chi connectivity index (χ3v) is 2.19. The standard InChI is InChI=1S/C8H7S2/c1-10-8-4-2-7(6-9)3-5-8/h2-5H,1H3. The number of benzene rings is 1. The van der Waals surface area contributed by atoms with Gasteiger partial charge in [-0.15, -0.1) is 11.8 Å². The summed E-state index contributed by atoms with van der Waals surface area (Å²) >= 11 is 6.37. The van der Waals surface area contributed by atoms with Crippen LogP contribution in [-0.4, -0.2) is 11.6 Å². The van der Waals surface area contributed by atoms with Crippen LogP contribution in [0.15, 0.2) is 29.2 Å². The average molecular weight is 167 g/mol. The minimum absolute atomic E-state index is 0.979. The molecule has 10 heavy (non-hydrogen) atoms. The van der Waals surface area contributed by atoms with E-state index in [-0.39, 0.29) is 0 Å². The molecular formula is C8H7S2. The van der Waals surface area contributed by atoms with Gasteiger partial charge in [0.1, 0.15) is 0 Å². The van der Waals surface area contributed by atoms with Gasteiger partial charge in [-0.05, 0) is 24.0 Å². The molecule has 0 aliphatic rings. The van der Waals surface area contributed by atoms with Gasteiger partial charge in [-0.3, -0.25) is 0 Å². The second-order valence-corrected chi connectivity index (χ2v) is 2.91. The zero-order valence-corrected chi connectivity index (χ0v) is 7.26. The van der Waals surface area contributed by atoms with Gasteiger partial charge < -0.3 is 0 Å². The topological polar surface area (TPSA) is 0 Å². The third-order valence-electron chi connectivity index (χ3n) is 1.21. The number of thioether (sulfide) groups is 1. The molecule has 1 aromatic rings. The largest absolute Gasteiger partial charge is 0.130 e. The SMILES string of the molecule is CSc1ccc([C]=S)cc1. The van der Waals surface area contributed by atoms with Crippen LogP contribution in [0.25, 0.3) is 0 Å². The lowest BCUT2D eigenvalue weighted by Crippen LogP contribution is -1.75. The van der Waals surface area contributed by atoms with E-state index in [0.717, 1.165) is 5.56 Å². The molecule has 0 saturated carbocycles. The van der Waals surface area contributed by atoms with Crippen LogP contribution in [0.5, 0.6) is 0 Å². The van der Waals surface area contributed by atoms with Gasteiger partial charge >= 0.3 is 0 Å². The highest BCUT2D eigenvalue weighted by Gasteiger charge is 1.88. The monoisotopic (exact) mass is 167 g/mol. The highest BCUT2D eigenvalue weighted by molar-refractivity contribution is 7.98. The molecule has 0 unspecified atom stereocenters. The van der Waals surface area contributed by atoms with Crippen molar-refractivity contribution in [3.05, 3.63) is 29.8 Å². The maximum atomic E-state index is 4.64. The van der Waals surface area contributed by atoms with Gasteiger partial charge in [0.15, 0.2) is 0 Å². The van der Waals surface area contributed by atoms with Crippen molar-refractivity contribution < 1.29 is 0 Å². The molecule has 0 atom stereocenters. The van der Waals surface area contributed by atoms with Crippen molar-refractivity contribution in [1.29, 1.82) is 0 Å². The maximum Gasteiger partial charge on any atom is 0.0636 e. The Labute approximate surface area is 70.6 Å². The summed E-state index contributed by atoms with van der Waals surface area (Å²) in [4.78, 5) is 1.26. The highest BCUT2D eigenvalue weighted by atomic mass is 32.2. The Morgan fingerprint density at radius 2 is 1.90 bits per heavy atom. The molecule has 0 bridgehead atoms. The molecule has 0 heterocycles. The van der Waals surface area contributed by atoms with Crippen molar-refractivity contribution in [2.24, 2.45) is 0 Å². The van der Waals surface area contributed by atoms with Gasteiger partial charge in [0, 0.05) is 4.90 Å². The summed E-state index contributed by atoms with van der Waals surface area (Å²) in [7, 11) is 0. The molecule has 0 saturated heterocycles. The zero-order valence-electron chi connectivity index (χ0n) is 5.63. The fourth-order valence-electron chi connectivity index (χ4n) is 0.659. The quantitative estimate of drug-likeness (QED) is 0.490. The summed E-state index contributed by atoms with van der Waals surface area (Å²) in [5, 5.41) is 2.65. The molecule has 1 aromatic carbocycles. The van der Waals surface area contributed by atoms with E-state index >= 15 is 0 Å². The van der Waals surface area contributed by atoms with Crippen molar-refractivity contribution in [2.75, 3.05) is 6.26 Å². The zero-order chi connectivity index (χ0) is 7.40. The summed E-state index contributed by atoms with van der Waals surface area (Å²) in [5.74, 6) is 0. The number of hydrogen-bond acceptors (Lipinski definition) is 2. The lowest BCUT2D eigenvalue weighted by molar-refractivity contribution is 1.46. The Kier molecular flexibility index (Phi) is 2.90. The van der Waals surface area contributed by atoms with E-state index in [1.807, 2.05) is 24.3 Å². The fraction of sp³-hybridized carbons (Fsp3) is 0.125. The summed E-state index contributed by atoms with van der Waals surface area (Å²) in [6.07, 6.45) is 2.05. The fourth-order valence-corrected chi connectivity index (χ4v) is 1.20. The highest BCUT2D eigenvalue weighted by Crippen LogP contribution is 2.13. The molecule has 0 aliphatic carbocycles. The first-order chi connectivity index (χ1) is 4.86. The van der Waals surface area contributed by atoms with Crippen LogP contribution in [0.3, 0.4) is 0 Å². The summed E-state index contributed by atoms with van der Waals surface area (Å²) in [5.41, 5.74) is 0.979. The third kappa shape index (κ3) is 1.82. The second kappa shape index (κ2) is 3.74. The van der Waals surface area contributed by atoms with Gasteiger partial charge in [0.25, 0.3) is 0 Å². The van der Waals surface area contributed by atoms with Gasteiger partial charge in [0.2, 0.25) is 0 Å². The van der Waals surface area contributed by atoms with Crippen LogP contribution >= 0.6 is 24.0 Å². The molecular weight excluding hydrogens is 160 g/mol. The van der Waals surface area contributed by atoms with Crippen LogP contribution in [0.1, 0.15) is 5.56 Å². The summed E-state index contributed by atoms with van der Waals surface area (Å²) in [6, 6.07) is 8.02. The van der Waals surface area contributed by atoms with Crippen molar-refractivity contribution in [3.8, 4) is 0 Å². The molecule has 0 fully saturated rings. The molecule has 0 nitrogen and oxygen atoms in total. The van der Waals surface area contributed by atoms with Crippen LogP contribution in [0.2, 0.25) is 0 Å². The van der Waals surface area contributed by atoms with E-state index in [1.165, 1.54) is 4.90 Å². The van der Waals surface area contributed by atoms with Crippen molar-refractivity contribution >= 4 is 29.3 Å². The Balaban J connectivity index is 2.90. The maximum absolute atomic E-state index is 4.64. The molecule has 0 amide bonds. The van der Waals surface area contributed by atoms with Crippen LogP contribution in [-0.2, 0) is 0 Å². The lowest BCUT2D eigenvalue weighted by atomic mass is 10.2. The number of thiocarbonyl (C=S) groups is 1. The first kappa shape index (κ1) is 7.76. The molecule has 0 aromatic heterocycles. The molecule has 2 heteroatoms.